The second-order valence-electron chi connectivity index (χ2n) is 3.79. The van der Waals surface area contributed by atoms with Crippen LogP contribution >= 0.6 is 15.9 Å². The van der Waals surface area contributed by atoms with E-state index in [1.807, 2.05) is 10.6 Å². The van der Waals surface area contributed by atoms with Crippen molar-refractivity contribution < 1.29 is 0 Å². The molecule has 1 atom stereocenters. The first-order valence-electron chi connectivity index (χ1n) is 5.06. The fourth-order valence-corrected chi connectivity index (χ4v) is 2.37. The van der Waals surface area contributed by atoms with E-state index in [1.165, 1.54) is 18.4 Å². The smallest absolute Gasteiger partial charge is 0.234 e. The Balaban J connectivity index is 2.08. The standard InChI is InChI=1S/C10H11BrN4/c11-9-5-14-10-13-4-7(6-15(9)10)8-2-1-3-12-8/h4-6,8,12H,1-3H2. The second-order valence-corrected chi connectivity index (χ2v) is 4.60. The number of hydrogen-bond acceptors (Lipinski definition) is 3. The van der Waals surface area contributed by atoms with Gasteiger partial charge in [-0.05, 0) is 35.3 Å². The summed E-state index contributed by atoms with van der Waals surface area (Å²) in [6.45, 7) is 1.10. The fourth-order valence-electron chi connectivity index (χ4n) is 2.01. The third-order valence-corrected chi connectivity index (χ3v) is 3.39. The largest absolute Gasteiger partial charge is 0.310 e. The minimum Gasteiger partial charge on any atom is -0.310 e. The van der Waals surface area contributed by atoms with Gasteiger partial charge in [0.15, 0.2) is 0 Å². The number of rotatable bonds is 1. The molecule has 0 amide bonds. The molecule has 1 unspecified atom stereocenters. The lowest BCUT2D eigenvalue weighted by atomic mass is 10.1. The van der Waals surface area contributed by atoms with Gasteiger partial charge in [-0.15, -0.1) is 0 Å². The predicted octanol–water partition coefficient (Wildman–Crippen LogP) is 1.92. The van der Waals surface area contributed by atoms with Gasteiger partial charge in [0, 0.05) is 24.0 Å². The maximum Gasteiger partial charge on any atom is 0.234 e. The summed E-state index contributed by atoms with van der Waals surface area (Å²) in [5.41, 5.74) is 1.23. The van der Waals surface area contributed by atoms with Crippen molar-refractivity contribution in [1.29, 1.82) is 0 Å². The van der Waals surface area contributed by atoms with Gasteiger partial charge in [0.25, 0.3) is 0 Å². The van der Waals surface area contributed by atoms with E-state index in [0.717, 1.165) is 16.9 Å². The highest BCUT2D eigenvalue weighted by Crippen LogP contribution is 2.23. The number of nitrogens with one attached hydrogen (secondary N) is 1. The molecule has 3 rings (SSSR count). The summed E-state index contributed by atoms with van der Waals surface area (Å²) in [6.07, 6.45) is 8.22. The van der Waals surface area contributed by atoms with Crippen molar-refractivity contribution in [1.82, 2.24) is 19.7 Å². The average molecular weight is 267 g/mol. The molecule has 4 nitrogen and oxygen atoms in total. The highest BCUT2D eigenvalue weighted by atomic mass is 79.9. The molecule has 1 N–H and O–H groups in total. The molecular weight excluding hydrogens is 256 g/mol. The van der Waals surface area contributed by atoms with E-state index in [-0.39, 0.29) is 0 Å². The molecule has 2 aromatic rings. The lowest BCUT2D eigenvalue weighted by Crippen LogP contribution is -2.13. The topological polar surface area (TPSA) is 42.2 Å². The normalized spacial score (nSPS) is 21.3. The summed E-state index contributed by atoms with van der Waals surface area (Å²) in [4.78, 5) is 8.50. The van der Waals surface area contributed by atoms with Gasteiger partial charge >= 0.3 is 0 Å². The van der Waals surface area contributed by atoms with Crippen molar-refractivity contribution in [2.75, 3.05) is 6.54 Å². The molecule has 0 aromatic carbocycles. The van der Waals surface area contributed by atoms with Crippen LogP contribution in [0.3, 0.4) is 0 Å². The Kier molecular flexibility index (Phi) is 2.21. The van der Waals surface area contributed by atoms with E-state index in [0.29, 0.717) is 6.04 Å². The zero-order valence-electron chi connectivity index (χ0n) is 8.15. The van der Waals surface area contributed by atoms with Crippen LogP contribution in [0, 0.1) is 0 Å². The average Bonchev–Trinajstić information content (AvgIpc) is 2.88. The molecule has 0 radical (unpaired) electrons. The van der Waals surface area contributed by atoms with Crippen molar-refractivity contribution in [3.63, 3.8) is 0 Å². The first-order chi connectivity index (χ1) is 7.34. The van der Waals surface area contributed by atoms with Gasteiger partial charge in [0.2, 0.25) is 5.78 Å². The fraction of sp³-hybridized carbons (Fsp3) is 0.400. The van der Waals surface area contributed by atoms with Crippen LogP contribution < -0.4 is 5.32 Å². The highest BCUT2D eigenvalue weighted by Gasteiger charge is 2.17. The van der Waals surface area contributed by atoms with Crippen molar-refractivity contribution in [2.24, 2.45) is 0 Å². The first kappa shape index (κ1) is 9.30. The third-order valence-electron chi connectivity index (χ3n) is 2.80. The van der Waals surface area contributed by atoms with Crippen LogP contribution in [0.15, 0.2) is 23.2 Å². The Morgan fingerprint density at radius 2 is 2.27 bits per heavy atom. The van der Waals surface area contributed by atoms with Gasteiger partial charge in [-0.1, -0.05) is 0 Å². The van der Waals surface area contributed by atoms with Crippen molar-refractivity contribution >= 4 is 21.7 Å². The van der Waals surface area contributed by atoms with Crippen molar-refractivity contribution in [2.45, 2.75) is 18.9 Å². The molecule has 78 valence electrons. The van der Waals surface area contributed by atoms with Crippen molar-refractivity contribution in [3.05, 3.63) is 28.8 Å². The van der Waals surface area contributed by atoms with Gasteiger partial charge in [-0.3, -0.25) is 4.40 Å². The summed E-state index contributed by atoms with van der Waals surface area (Å²) >= 11 is 3.45. The minimum atomic E-state index is 0.455. The van der Waals surface area contributed by atoms with Crippen LogP contribution in [-0.4, -0.2) is 20.9 Å². The van der Waals surface area contributed by atoms with Gasteiger partial charge in [-0.25, -0.2) is 9.97 Å². The Bertz CT molecular complexity index is 487. The molecule has 1 aliphatic rings. The number of imidazole rings is 1. The van der Waals surface area contributed by atoms with Crippen LogP contribution in [-0.2, 0) is 0 Å². The van der Waals surface area contributed by atoms with Gasteiger partial charge in [-0.2, -0.15) is 0 Å². The summed E-state index contributed by atoms with van der Waals surface area (Å²) < 4.78 is 2.92. The second kappa shape index (κ2) is 3.57. The molecular formula is C10H11BrN4. The Morgan fingerprint density at radius 3 is 3.07 bits per heavy atom. The highest BCUT2D eigenvalue weighted by molar-refractivity contribution is 9.10. The molecule has 0 spiro atoms. The number of halogens is 1. The zero-order valence-corrected chi connectivity index (χ0v) is 9.74. The lowest BCUT2D eigenvalue weighted by Gasteiger charge is -2.09. The van der Waals surface area contributed by atoms with E-state index >= 15 is 0 Å². The molecule has 1 fully saturated rings. The summed E-state index contributed by atoms with van der Waals surface area (Å²) in [5.74, 6) is 0.739. The lowest BCUT2D eigenvalue weighted by molar-refractivity contribution is 0.640. The van der Waals surface area contributed by atoms with Crippen molar-refractivity contribution in [3.8, 4) is 0 Å². The van der Waals surface area contributed by atoms with E-state index in [9.17, 15) is 0 Å². The maximum atomic E-state index is 4.33. The van der Waals surface area contributed by atoms with E-state index in [1.54, 1.807) is 6.20 Å². The number of nitrogens with zero attached hydrogens (tertiary/aromatic N) is 3. The molecule has 1 saturated heterocycles. The SMILES string of the molecule is Brc1cnc2ncc(C3CCCN3)cn12. The molecule has 0 saturated carbocycles. The number of hydrogen-bond donors (Lipinski definition) is 1. The number of fused-ring (bicyclic) bond motifs is 1. The molecule has 0 bridgehead atoms. The van der Waals surface area contributed by atoms with Crippen LogP contribution in [0.1, 0.15) is 24.4 Å². The molecule has 5 heteroatoms. The van der Waals surface area contributed by atoms with Crippen LogP contribution in [0.5, 0.6) is 0 Å². The molecule has 2 aromatic heterocycles. The molecule has 15 heavy (non-hydrogen) atoms. The van der Waals surface area contributed by atoms with Gasteiger partial charge in [0.05, 0.1) is 6.20 Å². The first-order valence-corrected chi connectivity index (χ1v) is 5.86. The summed E-state index contributed by atoms with van der Waals surface area (Å²) in [7, 11) is 0. The van der Waals surface area contributed by atoms with Gasteiger partial charge < -0.3 is 5.32 Å². The quantitative estimate of drug-likeness (QED) is 0.858. The Hall–Kier alpha value is -0.940. The van der Waals surface area contributed by atoms with E-state index in [4.69, 9.17) is 0 Å². The zero-order chi connectivity index (χ0) is 10.3. The third kappa shape index (κ3) is 1.55. The maximum absolute atomic E-state index is 4.33. The Morgan fingerprint density at radius 1 is 1.40 bits per heavy atom. The minimum absolute atomic E-state index is 0.455. The van der Waals surface area contributed by atoms with Gasteiger partial charge in [0.1, 0.15) is 4.60 Å². The molecule has 3 heterocycles. The Labute approximate surface area is 95.9 Å². The summed E-state index contributed by atoms with van der Waals surface area (Å²) in [5, 5.41) is 3.46. The van der Waals surface area contributed by atoms with Crippen LogP contribution in [0.2, 0.25) is 0 Å². The van der Waals surface area contributed by atoms with E-state index in [2.05, 4.69) is 37.4 Å². The monoisotopic (exact) mass is 266 g/mol. The molecule has 1 aliphatic heterocycles. The van der Waals surface area contributed by atoms with E-state index < -0.39 is 0 Å². The predicted molar refractivity (Wildman–Crippen MR) is 60.7 cm³/mol. The summed E-state index contributed by atoms with van der Waals surface area (Å²) in [6, 6.07) is 0.455. The van der Waals surface area contributed by atoms with Crippen LogP contribution in [0.25, 0.3) is 5.78 Å². The van der Waals surface area contributed by atoms with Crippen LogP contribution in [0.4, 0.5) is 0 Å². The number of aromatic nitrogens is 3. The molecule has 0 aliphatic carbocycles.